The maximum atomic E-state index is 12.4. The molecule has 0 bridgehead atoms. The highest BCUT2D eigenvalue weighted by atomic mass is 32.2. The lowest BCUT2D eigenvalue weighted by Gasteiger charge is -2.21. The van der Waals surface area contributed by atoms with Gasteiger partial charge in [0, 0.05) is 0 Å². The predicted octanol–water partition coefficient (Wildman–Crippen LogP) is 2.24. The Balaban J connectivity index is 1.98. The van der Waals surface area contributed by atoms with Crippen molar-refractivity contribution in [1.82, 2.24) is 10.2 Å². The van der Waals surface area contributed by atoms with Gasteiger partial charge in [-0.1, -0.05) is 62.4 Å². The van der Waals surface area contributed by atoms with Crippen molar-refractivity contribution in [2.24, 2.45) is 5.92 Å². The molecule has 0 heterocycles. The zero-order valence-corrected chi connectivity index (χ0v) is 15.0. The first-order valence-electron chi connectivity index (χ1n) is 7.93. The van der Waals surface area contributed by atoms with E-state index in [0.29, 0.717) is 0 Å². The summed E-state index contributed by atoms with van der Waals surface area (Å²) in [6, 6.07) is 16.3. The quantitative estimate of drug-likeness (QED) is 0.706. The van der Waals surface area contributed by atoms with E-state index in [0.717, 1.165) is 5.56 Å². The fraction of sp³-hybridized carbons (Fsp3) is 0.278. The van der Waals surface area contributed by atoms with Gasteiger partial charge in [0.25, 0.3) is 5.91 Å². The third-order valence-corrected chi connectivity index (χ3v) is 5.00. The number of carbonyl (C=O) groups excluding carboxylic acids is 1. The summed E-state index contributed by atoms with van der Waals surface area (Å²) in [5.74, 6) is -0.788. The average molecular weight is 362 g/mol. The first-order chi connectivity index (χ1) is 11.9. The van der Waals surface area contributed by atoms with E-state index in [-0.39, 0.29) is 17.4 Å². The van der Waals surface area contributed by atoms with Gasteiger partial charge in [-0.15, -0.1) is 0 Å². The Kier molecular flexibility index (Phi) is 6.69. The van der Waals surface area contributed by atoms with Crippen molar-refractivity contribution in [2.45, 2.75) is 31.4 Å². The second kappa shape index (κ2) is 8.75. The standard InChI is InChI=1S/C18H22N2O4S/c1-14(2)17(20-25(22,23)16-11-7-4-8-12-16)18(21)19-24-13-15-9-5-3-6-10-15/h3-12,14,17,20H,13H2,1-2H3,(H,19,21)/t17-/m1/s1. The second-order valence-electron chi connectivity index (χ2n) is 5.90. The molecule has 0 radical (unpaired) electrons. The van der Waals surface area contributed by atoms with E-state index in [1.165, 1.54) is 12.1 Å². The molecule has 7 heteroatoms. The van der Waals surface area contributed by atoms with Crippen LogP contribution in [0.1, 0.15) is 19.4 Å². The third-order valence-electron chi connectivity index (χ3n) is 3.54. The highest BCUT2D eigenvalue weighted by molar-refractivity contribution is 7.89. The van der Waals surface area contributed by atoms with Crippen LogP contribution in [-0.2, 0) is 26.3 Å². The van der Waals surface area contributed by atoms with Gasteiger partial charge in [-0.05, 0) is 23.6 Å². The van der Waals surface area contributed by atoms with Crippen LogP contribution in [0.5, 0.6) is 0 Å². The van der Waals surface area contributed by atoms with Crippen LogP contribution >= 0.6 is 0 Å². The molecule has 1 atom stereocenters. The number of nitrogens with one attached hydrogen (secondary N) is 2. The number of carbonyl (C=O) groups is 1. The van der Waals surface area contributed by atoms with Gasteiger partial charge < -0.3 is 0 Å². The summed E-state index contributed by atoms with van der Waals surface area (Å²) >= 11 is 0. The number of hydroxylamine groups is 1. The lowest BCUT2D eigenvalue weighted by molar-refractivity contribution is -0.137. The number of benzene rings is 2. The van der Waals surface area contributed by atoms with Crippen molar-refractivity contribution in [1.29, 1.82) is 0 Å². The van der Waals surface area contributed by atoms with Gasteiger partial charge in [-0.2, -0.15) is 4.72 Å². The number of amides is 1. The molecule has 0 aromatic heterocycles. The molecule has 0 fully saturated rings. The Morgan fingerprint density at radius 1 is 1.00 bits per heavy atom. The Morgan fingerprint density at radius 2 is 1.56 bits per heavy atom. The first kappa shape index (κ1) is 19.1. The van der Waals surface area contributed by atoms with Crippen molar-refractivity contribution < 1.29 is 18.0 Å². The molecule has 2 aromatic rings. The normalized spacial score (nSPS) is 12.8. The number of hydrogen-bond acceptors (Lipinski definition) is 4. The van der Waals surface area contributed by atoms with Crippen LogP contribution in [0, 0.1) is 5.92 Å². The minimum absolute atomic E-state index is 0.110. The molecule has 0 saturated carbocycles. The first-order valence-corrected chi connectivity index (χ1v) is 9.41. The van der Waals surface area contributed by atoms with E-state index in [1.807, 2.05) is 30.3 Å². The third kappa shape index (κ3) is 5.67. The Bertz CT molecular complexity index is 777. The van der Waals surface area contributed by atoms with Gasteiger partial charge in [0.2, 0.25) is 10.0 Å². The van der Waals surface area contributed by atoms with Crippen LogP contribution in [0.2, 0.25) is 0 Å². The van der Waals surface area contributed by atoms with Gasteiger partial charge in [-0.25, -0.2) is 13.9 Å². The monoisotopic (exact) mass is 362 g/mol. The molecule has 134 valence electrons. The highest BCUT2D eigenvalue weighted by Gasteiger charge is 2.28. The molecule has 2 N–H and O–H groups in total. The van der Waals surface area contributed by atoms with Gasteiger partial charge in [0.15, 0.2) is 0 Å². The molecule has 0 aliphatic heterocycles. The van der Waals surface area contributed by atoms with Crippen molar-refractivity contribution in [3.8, 4) is 0 Å². The summed E-state index contributed by atoms with van der Waals surface area (Å²) in [5.41, 5.74) is 3.22. The smallest absolute Gasteiger partial charge is 0.261 e. The van der Waals surface area contributed by atoms with Gasteiger partial charge >= 0.3 is 0 Å². The molecule has 1 amide bonds. The lowest BCUT2D eigenvalue weighted by Crippen LogP contribution is -2.49. The molecule has 0 spiro atoms. The van der Waals surface area contributed by atoms with Crippen LogP contribution in [0.3, 0.4) is 0 Å². The van der Waals surface area contributed by atoms with Gasteiger partial charge in [0.05, 0.1) is 11.5 Å². The Hall–Kier alpha value is -2.22. The van der Waals surface area contributed by atoms with Crippen molar-refractivity contribution in [3.63, 3.8) is 0 Å². The summed E-state index contributed by atoms with van der Waals surface area (Å²) in [5, 5.41) is 0. The minimum atomic E-state index is -3.79. The number of sulfonamides is 1. The zero-order chi connectivity index (χ0) is 18.3. The summed E-state index contributed by atoms with van der Waals surface area (Å²) in [4.78, 5) is 17.6. The van der Waals surface area contributed by atoms with E-state index in [9.17, 15) is 13.2 Å². The molecule has 6 nitrogen and oxygen atoms in total. The van der Waals surface area contributed by atoms with Crippen LogP contribution < -0.4 is 10.2 Å². The van der Waals surface area contributed by atoms with E-state index in [1.54, 1.807) is 32.0 Å². The van der Waals surface area contributed by atoms with Gasteiger partial charge in [-0.3, -0.25) is 9.63 Å². The molecule has 0 unspecified atom stereocenters. The molecule has 0 aliphatic carbocycles. The summed E-state index contributed by atoms with van der Waals surface area (Å²) in [7, 11) is -3.79. The van der Waals surface area contributed by atoms with Crippen molar-refractivity contribution >= 4 is 15.9 Å². The molecule has 0 saturated heterocycles. The zero-order valence-electron chi connectivity index (χ0n) is 14.2. The van der Waals surface area contributed by atoms with E-state index in [2.05, 4.69) is 10.2 Å². The van der Waals surface area contributed by atoms with Crippen LogP contribution in [0.15, 0.2) is 65.6 Å². The van der Waals surface area contributed by atoms with Gasteiger partial charge in [0.1, 0.15) is 6.04 Å². The Labute approximate surface area is 148 Å². The van der Waals surface area contributed by atoms with E-state index < -0.39 is 22.0 Å². The highest BCUT2D eigenvalue weighted by Crippen LogP contribution is 2.11. The Morgan fingerprint density at radius 3 is 2.12 bits per heavy atom. The van der Waals surface area contributed by atoms with Crippen LogP contribution in [-0.4, -0.2) is 20.4 Å². The molecule has 2 aromatic carbocycles. The second-order valence-corrected chi connectivity index (χ2v) is 7.61. The molecular weight excluding hydrogens is 340 g/mol. The van der Waals surface area contributed by atoms with E-state index >= 15 is 0 Å². The van der Waals surface area contributed by atoms with Crippen molar-refractivity contribution in [2.75, 3.05) is 0 Å². The average Bonchev–Trinajstić information content (AvgIpc) is 2.61. The maximum absolute atomic E-state index is 12.4. The SMILES string of the molecule is CC(C)[C@@H](NS(=O)(=O)c1ccccc1)C(=O)NOCc1ccccc1. The fourth-order valence-electron chi connectivity index (χ4n) is 2.16. The molecule has 2 rings (SSSR count). The lowest BCUT2D eigenvalue weighted by atomic mass is 10.1. The summed E-state index contributed by atoms with van der Waals surface area (Å²) in [6.45, 7) is 3.72. The fourth-order valence-corrected chi connectivity index (χ4v) is 3.52. The van der Waals surface area contributed by atoms with Crippen LogP contribution in [0.4, 0.5) is 0 Å². The molecular formula is C18H22N2O4S. The number of hydrogen-bond donors (Lipinski definition) is 2. The molecule has 25 heavy (non-hydrogen) atoms. The summed E-state index contributed by atoms with van der Waals surface area (Å²) < 4.78 is 27.3. The van der Waals surface area contributed by atoms with Crippen molar-refractivity contribution in [3.05, 3.63) is 66.2 Å². The number of rotatable bonds is 8. The topological polar surface area (TPSA) is 84.5 Å². The maximum Gasteiger partial charge on any atom is 0.261 e. The summed E-state index contributed by atoms with van der Waals surface area (Å²) in [6.07, 6.45) is 0. The predicted molar refractivity (Wildman–Crippen MR) is 94.8 cm³/mol. The largest absolute Gasteiger partial charge is 0.271 e. The van der Waals surface area contributed by atoms with E-state index in [4.69, 9.17) is 4.84 Å². The van der Waals surface area contributed by atoms with Crippen LogP contribution in [0.25, 0.3) is 0 Å². The minimum Gasteiger partial charge on any atom is -0.271 e. The molecule has 0 aliphatic rings.